The van der Waals surface area contributed by atoms with Gasteiger partial charge in [0, 0.05) is 15.6 Å². The van der Waals surface area contributed by atoms with Gasteiger partial charge in [-0.15, -0.1) is 0 Å². The molecule has 2 aromatic carbocycles. The maximum atomic E-state index is 10.7. The number of ketones is 1. The van der Waals surface area contributed by atoms with E-state index in [4.69, 9.17) is 28.3 Å². The van der Waals surface area contributed by atoms with Gasteiger partial charge < -0.3 is 5.11 Å². The lowest BCUT2D eigenvalue weighted by Gasteiger charge is -2.02. The number of halogens is 2. The summed E-state index contributed by atoms with van der Waals surface area (Å²) in [6.07, 6.45) is -0.405. The van der Waals surface area contributed by atoms with Crippen LogP contribution in [0.2, 0.25) is 10.0 Å². The van der Waals surface area contributed by atoms with Gasteiger partial charge in [-0.3, -0.25) is 4.79 Å². The molecule has 0 radical (unpaired) electrons. The highest BCUT2D eigenvalue weighted by Crippen LogP contribution is 2.15. The number of carbonyl (C=O) groups excluding carboxylic acids is 1. The molecular weight excluding hydrogens is 295 g/mol. The van der Waals surface area contributed by atoms with Crippen molar-refractivity contribution < 1.29 is 9.90 Å². The van der Waals surface area contributed by atoms with E-state index in [1.54, 1.807) is 43.3 Å². The van der Waals surface area contributed by atoms with Crippen LogP contribution in [0, 0.1) is 0 Å². The predicted molar refractivity (Wildman–Crippen MR) is 83.5 cm³/mol. The van der Waals surface area contributed by atoms with Crippen molar-refractivity contribution in [3.8, 4) is 0 Å². The molecule has 0 aromatic heterocycles. The zero-order valence-electron chi connectivity index (χ0n) is 11.3. The van der Waals surface area contributed by atoms with E-state index >= 15 is 0 Å². The summed E-state index contributed by atoms with van der Waals surface area (Å²) in [4.78, 5) is 10.7. The molecule has 0 fully saturated rings. The van der Waals surface area contributed by atoms with Gasteiger partial charge in [-0.25, -0.2) is 0 Å². The van der Waals surface area contributed by atoms with Crippen molar-refractivity contribution in [3.05, 3.63) is 69.7 Å². The Bertz CT molecular complexity index is 546. The summed E-state index contributed by atoms with van der Waals surface area (Å²) >= 11 is 11.2. The fraction of sp³-hybridized carbons (Fsp3) is 0.188. The third-order valence-corrected chi connectivity index (χ3v) is 3.11. The Morgan fingerprint density at radius 2 is 1.35 bits per heavy atom. The van der Waals surface area contributed by atoms with Crippen LogP contribution in [0.25, 0.3) is 0 Å². The molecule has 1 unspecified atom stereocenters. The van der Waals surface area contributed by atoms with E-state index in [-0.39, 0.29) is 5.78 Å². The lowest BCUT2D eigenvalue weighted by molar-refractivity contribution is 0.101. The number of rotatable bonds is 2. The molecule has 4 heteroatoms. The first kappa shape index (κ1) is 16.7. The number of benzene rings is 2. The Balaban J connectivity index is 0.000000200. The third-order valence-electron chi connectivity index (χ3n) is 2.60. The molecule has 1 atom stereocenters. The minimum absolute atomic E-state index is 0.0664. The molecule has 2 aromatic rings. The van der Waals surface area contributed by atoms with E-state index in [0.717, 1.165) is 5.56 Å². The van der Waals surface area contributed by atoms with Gasteiger partial charge in [-0.1, -0.05) is 35.3 Å². The van der Waals surface area contributed by atoms with Crippen LogP contribution in [0.3, 0.4) is 0 Å². The van der Waals surface area contributed by atoms with E-state index in [1.165, 1.54) is 6.92 Å². The standard InChI is InChI=1S/C8H9ClO.C8H7ClO/c2*1-6(10)7-2-4-8(9)5-3-7/h2-6,10H,1H3;2-5H,1H3. The fourth-order valence-electron chi connectivity index (χ4n) is 1.43. The summed E-state index contributed by atoms with van der Waals surface area (Å²) in [7, 11) is 0. The molecule has 0 spiro atoms. The minimum Gasteiger partial charge on any atom is -0.389 e. The molecule has 2 rings (SSSR count). The van der Waals surface area contributed by atoms with Gasteiger partial charge in [0.25, 0.3) is 0 Å². The summed E-state index contributed by atoms with van der Waals surface area (Å²) in [5.74, 6) is 0.0664. The number of aliphatic hydroxyl groups is 1. The molecule has 0 amide bonds. The maximum absolute atomic E-state index is 10.7. The van der Waals surface area contributed by atoms with Crippen LogP contribution < -0.4 is 0 Å². The van der Waals surface area contributed by atoms with Crippen LogP contribution in [-0.4, -0.2) is 10.9 Å². The SMILES string of the molecule is CC(=O)c1ccc(Cl)cc1.CC(O)c1ccc(Cl)cc1. The highest BCUT2D eigenvalue weighted by Gasteiger charge is 1.97. The summed E-state index contributed by atoms with van der Waals surface area (Å²) in [5.41, 5.74) is 1.59. The van der Waals surface area contributed by atoms with E-state index in [0.29, 0.717) is 15.6 Å². The quantitative estimate of drug-likeness (QED) is 0.798. The number of hydrogen-bond donors (Lipinski definition) is 1. The molecule has 0 aliphatic carbocycles. The Morgan fingerprint density at radius 3 is 1.70 bits per heavy atom. The first-order chi connectivity index (χ1) is 9.40. The molecule has 1 N–H and O–H groups in total. The van der Waals surface area contributed by atoms with E-state index in [1.807, 2.05) is 12.1 Å². The van der Waals surface area contributed by atoms with Gasteiger partial charge >= 0.3 is 0 Å². The van der Waals surface area contributed by atoms with Crippen molar-refractivity contribution in [1.29, 1.82) is 0 Å². The average molecular weight is 311 g/mol. The van der Waals surface area contributed by atoms with E-state index in [2.05, 4.69) is 0 Å². The zero-order chi connectivity index (χ0) is 15.1. The largest absolute Gasteiger partial charge is 0.389 e. The molecule has 20 heavy (non-hydrogen) atoms. The molecule has 0 bridgehead atoms. The second-order valence-electron chi connectivity index (χ2n) is 4.29. The first-order valence-electron chi connectivity index (χ1n) is 6.10. The van der Waals surface area contributed by atoms with Gasteiger partial charge in [0.05, 0.1) is 6.10 Å². The van der Waals surface area contributed by atoms with Crippen molar-refractivity contribution in [2.24, 2.45) is 0 Å². The van der Waals surface area contributed by atoms with Crippen LogP contribution in [0.15, 0.2) is 48.5 Å². The highest BCUT2D eigenvalue weighted by molar-refractivity contribution is 6.30. The molecule has 0 aliphatic rings. The summed E-state index contributed by atoms with van der Waals surface area (Å²) < 4.78 is 0. The monoisotopic (exact) mass is 310 g/mol. The van der Waals surface area contributed by atoms with Crippen molar-refractivity contribution in [3.63, 3.8) is 0 Å². The molecule has 106 valence electrons. The first-order valence-corrected chi connectivity index (χ1v) is 6.85. The van der Waals surface area contributed by atoms with Crippen LogP contribution in [-0.2, 0) is 0 Å². The number of aliphatic hydroxyl groups excluding tert-OH is 1. The van der Waals surface area contributed by atoms with Gasteiger partial charge in [0.15, 0.2) is 5.78 Å². The van der Waals surface area contributed by atoms with Crippen molar-refractivity contribution in [2.75, 3.05) is 0 Å². The number of hydrogen-bond acceptors (Lipinski definition) is 2. The van der Waals surface area contributed by atoms with E-state index < -0.39 is 6.10 Å². The van der Waals surface area contributed by atoms with Gasteiger partial charge in [0.2, 0.25) is 0 Å². The second-order valence-corrected chi connectivity index (χ2v) is 5.16. The zero-order valence-corrected chi connectivity index (χ0v) is 12.8. The van der Waals surface area contributed by atoms with Gasteiger partial charge in [-0.2, -0.15) is 0 Å². The Hall–Kier alpha value is -1.35. The topological polar surface area (TPSA) is 37.3 Å². The summed E-state index contributed by atoms with van der Waals surface area (Å²) in [5, 5.41) is 10.4. The summed E-state index contributed by atoms with van der Waals surface area (Å²) in [6.45, 7) is 3.26. The lowest BCUT2D eigenvalue weighted by atomic mass is 10.1. The minimum atomic E-state index is -0.405. The number of Topliss-reactive ketones (excluding diaryl/α,β-unsaturated/α-hetero) is 1. The molecule has 2 nitrogen and oxygen atoms in total. The van der Waals surface area contributed by atoms with Crippen LogP contribution in [0.4, 0.5) is 0 Å². The molecule has 0 saturated carbocycles. The fourth-order valence-corrected chi connectivity index (χ4v) is 1.68. The average Bonchev–Trinajstić information content (AvgIpc) is 2.40. The Labute approximate surface area is 129 Å². The van der Waals surface area contributed by atoms with Crippen LogP contribution in [0.1, 0.15) is 35.9 Å². The third kappa shape index (κ3) is 5.74. The van der Waals surface area contributed by atoms with Crippen LogP contribution in [0.5, 0.6) is 0 Å². The Morgan fingerprint density at radius 1 is 0.950 bits per heavy atom. The maximum Gasteiger partial charge on any atom is 0.159 e. The van der Waals surface area contributed by atoms with Gasteiger partial charge in [-0.05, 0) is 55.8 Å². The Kier molecular flexibility index (Phi) is 6.73. The number of carbonyl (C=O) groups is 1. The molecule has 0 saturated heterocycles. The highest BCUT2D eigenvalue weighted by atomic mass is 35.5. The molecule has 0 aliphatic heterocycles. The smallest absolute Gasteiger partial charge is 0.159 e. The predicted octanol–water partition coefficient (Wildman–Crippen LogP) is 4.94. The lowest BCUT2D eigenvalue weighted by Crippen LogP contribution is -1.89. The normalized spacial score (nSPS) is 11.2. The molecular formula is C16H16Cl2O2. The summed E-state index contributed by atoms with van der Waals surface area (Å²) in [6, 6.07) is 14.0. The van der Waals surface area contributed by atoms with Crippen LogP contribution >= 0.6 is 23.2 Å². The van der Waals surface area contributed by atoms with Crippen molar-refractivity contribution in [1.82, 2.24) is 0 Å². The molecule has 0 heterocycles. The van der Waals surface area contributed by atoms with E-state index in [9.17, 15) is 4.79 Å². The van der Waals surface area contributed by atoms with Gasteiger partial charge in [0.1, 0.15) is 0 Å². The van der Waals surface area contributed by atoms with Crippen molar-refractivity contribution in [2.45, 2.75) is 20.0 Å². The second kappa shape index (κ2) is 8.05. The van der Waals surface area contributed by atoms with Crippen molar-refractivity contribution >= 4 is 29.0 Å².